The van der Waals surface area contributed by atoms with E-state index in [9.17, 15) is 0 Å². The van der Waals surface area contributed by atoms with Crippen molar-refractivity contribution >= 4 is 43.9 Å². The van der Waals surface area contributed by atoms with Gasteiger partial charge in [0.15, 0.2) is 17.5 Å². The fourth-order valence-electron chi connectivity index (χ4n) is 7.87. The van der Waals surface area contributed by atoms with Crippen molar-refractivity contribution in [3.63, 3.8) is 0 Å². The van der Waals surface area contributed by atoms with Gasteiger partial charge in [-0.05, 0) is 52.1 Å². The predicted octanol–water partition coefficient (Wildman–Crippen LogP) is 13.7. The molecule has 262 valence electrons. The zero-order chi connectivity index (χ0) is 37.0. The van der Waals surface area contributed by atoms with E-state index in [1.54, 1.807) is 0 Å². The minimum Gasteiger partial charge on any atom is -0.456 e. The molecule has 0 spiro atoms. The summed E-state index contributed by atoms with van der Waals surface area (Å²) in [7, 11) is 0. The first-order chi connectivity index (χ1) is 27.7. The van der Waals surface area contributed by atoms with Gasteiger partial charge in [-0.1, -0.05) is 164 Å². The molecule has 11 rings (SSSR count). The highest BCUT2D eigenvalue weighted by Crippen LogP contribution is 2.45. The zero-order valence-electron chi connectivity index (χ0n) is 30.1. The van der Waals surface area contributed by atoms with Crippen molar-refractivity contribution in [2.75, 3.05) is 0 Å². The van der Waals surface area contributed by atoms with E-state index in [1.807, 2.05) is 66.7 Å². The lowest BCUT2D eigenvalue weighted by Gasteiger charge is -2.11. The molecule has 3 heterocycles. The summed E-state index contributed by atoms with van der Waals surface area (Å²) in [4.78, 5) is 15.0. The largest absolute Gasteiger partial charge is 0.456 e. The molecule has 56 heavy (non-hydrogen) atoms. The Morgan fingerprint density at radius 1 is 0.268 bits per heavy atom. The topological polar surface area (TPSA) is 65.0 Å². The number of nitrogens with zero attached hydrogens (tertiary/aromatic N) is 3. The summed E-state index contributed by atoms with van der Waals surface area (Å²) in [6.07, 6.45) is 0. The molecule has 0 radical (unpaired) electrons. The number of para-hydroxylation sites is 2. The van der Waals surface area contributed by atoms with Crippen LogP contribution in [0, 0.1) is 0 Å². The molecule has 0 fully saturated rings. The summed E-state index contributed by atoms with van der Waals surface area (Å²) >= 11 is 0. The fraction of sp³-hybridized carbons (Fsp3) is 0. The van der Waals surface area contributed by atoms with Gasteiger partial charge in [-0.3, -0.25) is 0 Å². The molecule has 0 saturated heterocycles. The number of hydrogen-bond donors (Lipinski definition) is 0. The van der Waals surface area contributed by atoms with Gasteiger partial charge >= 0.3 is 0 Å². The van der Waals surface area contributed by atoms with Crippen LogP contribution >= 0.6 is 0 Å². The van der Waals surface area contributed by atoms with Gasteiger partial charge in [0.05, 0.1) is 0 Å². The van der Waals surface area contributed by atoms with Crippen LogP contribution in [0.1, 0.15) is 0 Å². The molecule has 0 atom stereocenters. The smallest absolute Gasteiger partial charge is 0.164 e. The van der Waals surface area contributed by atoms with E-state index < -0.39 is 0 Å². The van der Waals surface area contributed by atoms with Crippen molar-refractivity contribution in [1.29, 1.82) is 0 Å². The first-order valence-corrected chi connectivity index (χ1v) is 18.7. The van der Waals surface area contributed by atoms with Gasteiger partial charge in [-0.25, -0.2) is 15.0 Å². The van der Waals surface area contributed by atoms with Gasteiger partial charge in [0.25, 0.3) is 0 Å². The summed E-state index contributed by atoms with van der Waals surface area (Å²) in [6.45, 7) is 0. The summed E-state index contributed by atoms with van der Waals surface area (Å²) in [6, 6.07) is 64.5. The lowest BCUT2D eigenvalue weighted by molar-refractivity contribution is 0.668. The Morgan fingerprint density at radius 3 is 1.36 bits per heavy atom. The Labute approximate surface area is 322 Å². The minimum absolute atomic E-state index is 0.613. The summed E-state index contributed by atoms with van der Waals surface area (Å²) in [5.41, 5.74) is 12.7. The quantitative estimate of drug-likeness (QED) is 0.171. The summed E-state index contributed by atoms with van der Waals surface area (Å²) < 4.78 is 13.0. The van der Waals surface area contributed by atoms with Gasteiger partial charge in [0.2, 0.25) is 0 Å². The highest BCUT2D eigenvalue weighted by atomic mass is 16.3. The van der Waals surface area contributed by atoms with Crippen LogP contribution in [0.2, 0.25) is 0 Å². The lowest BCUT2D eigenvalue weighted by Crippen LogP contribution is -2.00. The summed E-state index contributed by atoms with van der Waals surface area (Å²) in [5.74, 6) is 1.87. The van der Waals surface area contributed by atoms with Crippen molar-refractivity contribution < 1.29 is 8.83 Å². The number of benzene rings is 8. The molecular formula is C51H31N3O2. The van der Waals surface area contributed by atoms with Crippen LogP contribution in [0.25, 0.3) is 111 Å². The molecule has 0 aliphatic carbocycles. The molecule has 0 aliphatic heterocycles. The van der Waals surface area contributed by atoms with Crippen molar-refractivity contribution in [3.05, 3.63) is 188 Å². The molecule has 0 saturated carbocycles. The Morgan fingerprint density at radius 2 is 0.714 bits per heavy atom. The Balaban J connectivity index is 1.03. The molecule has 0 N–H and O–H groups in total. The molecule has 8 aromatic carbocycles. The second-order valence-corrected chi connectivity index (χ2v) is 13.9. The van der Waals surface area contributed by atoms with Gasteiger partial charge < -0.3 is 8.83 Å². The van der Waals surface area contributed by atoms with E-state index in [0.717, 1.165) is 88.4 Å². The summed E-state index contributed by atoms with van der Waals surface area (Å²) in [5, 5.41) is 4.31. The second-order valence-electron chi connectivity index (χ2n) is 13.9. The molecule has 11 aromatic rings. The average molecular weight is 718 g/mol. The highest BCUT2D eigenvalue weighted by Gasteiger charge is 2.21. The van der Waals surface area contributed by atoms with E-state index in [-0.39, 0.29) is 0 Å². The minimum atomic E-state index is 0.613. The molecule has 0 bridgehead atoms. The van der Waals surface area contributed by atoms with Crippen LogP contribution in [0.5, 0.6) is 0 Å². The molecule has 5 nitrogen and oxygen atoms in total. The Hall–Kier alpha value is -7.63. The van der Waals surface area contributed by atoms with Crippen molar-refractivity contribution in [1.82, 2.24) is 15.0 Å². The van der Waals surface area contributed by atoms with E-state index in [2.05, 4.69) is 121 Å². The maximum atomic E-state index is 6.72. The molecule has 3 aromatic heterocycles. The van der Waals surface area contributed by atoms with Gasteiger partial charge in [-0.15, -0.1) is 0 Å². The maximum Gasteiger partial charge on any atom is 0.164 e. The number of aromatic nitrogens is 3. The zero-order valence-corrected chi connectivity index (χ0v) is 30.1. The third kappa shape index (κ3) is 5.37. The first kappa shape index (κ1) is 31.9. The fourth-order valence-corrected chi connectivity index (χ4v) is 7.87. The number of fused-ring (bicyclic) bond motifs is 6. The first-order valence-electron chi connectivity index (χ1n) is 18.7. The highest BCUT2D eigenvalue weighted by molar-refractivity contribution is 6.20. The SMILES string of the molecule is c1ccc(-c2ccc(-c3nc(-c4ccccc4)nc(-c4ccc(-c5ccc(-c6cccc7oc8ccccc8c67)c6oc7ccccc7c56)cc4)n3)cc2)cc1. The number of furan rings is 2. The van der Waals surface area contributed by atoms with Crippen LogP contribution in [0.4, 0.5) is 0 Å². The second kappa shape index (κ2) is 13.0. The van der Waals surface area contributed by atoms with Gasteiger partial charge in [-0.2, -0.15) is 0 Å². The third-order valence-electron chi connectivity index (χ3n) is 10.6. The molecule has 5 heteroatoms. The van der Waals surface area contributed by atoms with Gasteiger partial charge in [0, 0.05) is 43.8 Å². The van der Waals surface area contributed by atoms with E-state index in [1.165, 1.54) is 5.56 Å². The Bertz CT molecular complexity index is 3220. The van der Waals surface area contributed by atoms with E-state index in [0.29, 0.717) is 17.5 Å². The van der Waals surface area contributed by atoms with Crippen LogP contribution in [-0.4, -0.2) is 15.0 Å². The van der Waals surface area contributed by atoms with Crippen LogP contribution in [-0.2, 0) is 0 Å². The number of rotatable bonds is 6. The van der Waals surface area contributed by atoms with E-state index >= 15 is 0 Å². The van der Waals surface area contributed by atoms with E-state index in [4.69, 9.17) is 23.8 Å². The average Bonchev–Trinajstić information content (AvgIpc) is 3.86. The van der Waals surface area contributed by atoms with Crippen molar-refractivity contribution in [3.8, 4) is 67.5 Å². The normalized spacial score (nSPS) is 11.6. The maximum absolute atomic E-state index is 6.72. The third-order valence-corrected chi connectivity index (χ3v) is 10.6. The van der Waals surface area contributed by atoms with Gasteiger partial charge in [0.1, 0.15) is 22.3 Å². The van der Waals surface area contributed by atoms with Crippen LogP contribution in [0.3, 0.4) is 0 Å². The molecule has 0 unspecified atom stereocenters. The predicted molar refractivity (Wildman–Crippen MR) is 227 cm³/mol. The molecule has 0 amide bonds. The molecular weight excluding hydrogens is 687 g/mol. The van der Waals surface area contributed by atoms with Crippen LogP contribution in [0.15, 0.2) is 197 Å². The van der Waals surface area contributed by atoms with Crippen molar-refractivity contribution in [2.45, 2.75) is 0 Å². The van der Waals surface area contributed by atoms with Crippen molar-refractivity contribution in [2.24, 2.45) is 0 Å². The Kier molecular flexibility index (Phi) is 7.42. The number of hydrogen-bond acceptors (Lipinski definition) is 5. The molecule has 0 aliphatic rings. The standard InChI is InChI=1S/C51H31N3O2/c1-3-12-32(13-4-1)33-22-26-36(27-23-33)50-52-49(35-14-5-2-6-15-35)53-51(54-50)37-28-24-34(25-29-37)38-30-31-40(48-47(38)42-17-8-10-20-44(42)56-48)39-18-11-21-45-46(39)41-16-7-9-19-43(41)55-45/h1-31H. The monoisotopic (exact) mass is 717 g/mol. The van der Waals surface area contributed by atoms with Crippen LogP contribution < -0.4 is 0 Å². The lowest BCUT2D eigenvalue weighted by atomic mass is 9.92.